The van der Waals surface area contributed by atoms with Crippen molar-refractivity contribution in [3.8, 4) is 17.1 Å². The van der Waals surface area contributed by atoms with Crippen LogP contribution in [0.4, 0.5) is 0 Å². The van der Waals surface area contributed by atoms with Crippen LogP contribution in [-0.4, -0.2) is 26.7 Å². The first-order valence-electron chi connectivity index (χ1n) is 8.66. The molecule has 0 aliphatic heterocycles. The van der Waals surface area contributed by atoms with Crippen LogP contribution in [0.25, 0.3) is 11.4 Å². The van der Waals surface area contributed by atoms with Gasteiger partial charge in [-0.3, -0.25) is 4.21 Å². The molecule has 1 aliphatic carbocycles. The van der Waals surface area contributed by atoms with Crippen molar-refractivity contribution in [3.63, 3.8) is 0 Å². The van der Waals surface area contributed by atoms with Crippen LogP contribution in [0.2, 0.25) is 0 Å². The first-order valence-corrected chi connectivity index (χ1v) is 10.1. The van der Waals surface area contributed by atoms with Gasteiger partial charge in [-0.1, -0.05) is 36.6 Å². The van der Waals surface area contributed by atoms with Gasteiger partial charge in [0.25, 0.3) is 0 Å². The number of para-hydroxylation sites is 1. The van der Waals surface area contributed by atoms with Crippen LogP contribution in [-0.2, 0) is 16.6 Å². The monoisotopic (exact) mass is 348 g/mol. The van der Waals surface area contributed by atoms with E-state index >= 15 is 0 Å². The van der Waals surface area contributed by atoms with Crippen molar-refractivity contribution in [1.82, 2.24) is 10.1 Å². The maximum absolute atomic E-state index is 12.4. The van der Waals surface area contributed by atoms with Gasteiger partial charge in [0.15, 0.2) is 0 Å². The molecule has 6 heteroatoms. The number of aromatic nitrogens is 2. The molecule has 1 fully saturated rings. The third-order valence-corrected chi connectivity index (χ3v) is 5.74. The Bertz CT molecular complexity index is 680. The Balaban J connectivity index is 1.64. The number of nitrogens with zero attached hydrogens (tertiary/aromatic N) is 2. The van der Waals surface area contributed by atoms with E-state index in [9.17, 15) is 4.21 Å². The molecule has 0 unspecified atom stereocenters. The van der Waals surface area contributed by atoms with Crippen molar-refractivity contribution in [2.45, 2.75) is 44.8 Å². The molecule has 130 valence electrons. The Labute approximate surface area is 145 Å². The summed E-state index contributed by atoms with van der Waals surface area (Å²) in [5, 5.41) is 4.03. The second-order valence-corrected chi connectivity index (χ2v) is 7.70. The second-order valence-electron chi connectivity index (χ2n) is 6.20. The van der Waals surface area contributed by atoms with Crippen molar-refractivity contribution >= 4 is 10.8 Å². The summed E-state index contributed by atoms with van der Waals surface area (Å²) >= 11 is 0. The molecule has 0 radical (unpaired) electrons. The van der Waals surface area contributed by atoms with Crippen molar-refractivity contribution in [1.29, 1.82) is 0 Å². The van der Waals surface area contributed by atoms with Crippen molar-refractivity contribution < 1.29 is 13.5 Å². The normalized spacial score (nSPS) is 16.9. The molecule has 5 nitrogen and oxygen atoms in total. The highest BCUT2D eigenvalue weighted by atomic mass is 32.2. The van der Waals surface area contributed by atoms with Crippen LogP contribution in [0.5, 0.6) is 5.75 Å². The van der Waals surface area contributed by atoms with E-state index in [1.165, 1.54) is 32.1 Å². The zero-order valence-corrected chi connectivity index (χ0v) is 14.9. The summed E-state index contributed by atoms with van der Waals surface area (Å²) in [6.07, 6.45) is 6.24. The van der Waals surface area contributed by atoms with E-state index in [1.807, 2.05) is 31.2 Å². The van der Waals surface area contributed by atoms with Crippen LogP contribution < -0.4 is 4.74 Å². The summed E-state index contributed by atoms with van der Waals surface area (Å²) in [4.78, 5) is 4.41. The Hall–Kier alpha value is -1.69. The first kappa shape index (κ1) is 17.1. The lowest BCUT2D eigenvalue weighted by Gasteiger charge is -2.20. The topological polar surface area (TPSA) is 65.2 Å². The number of benzene rings is 1. The fraction of sp³-hybridized carbons (Fsp3) is 0.556. The second kappa shape index (κ2) is 8.42. The summed E-state index contributed by atoms with van der Waals surface area (Å²) in [6.45, 7) is 2.51. The van der Waals surface area contributed by atoms with Gasteiger partial charge >= 0.3 is 0 Å². The third-order valence-electron chi connectivity index (χ3n) is 4.33. The Morgan fingerprint density at radius 3 is 2.83 bits per heavy atom. The predicted molar refractivity (Wildman–Crippen MR) is 94.2 cm³/mol. The Morgan fingerprint density at radius 2 is 2.04 bits per heavy atom. The molecule has 0 spiro atoms. The van der Waals surface area contributed by atoms with Gasteiger partial charge in [-0.2, -0.15) is 4.98 Å². The molecule has 2 aromatic rings. The third kappa shape index (κ3) is 4.44. The maximum atomic E-state index is 12.4. The molecular formula is C18H24N2O3S. The summed E-state index contributed by atoms with van der Waals surface area (Å²) in [7, 11) is -0.948. The fourth-order valence-corrected chi connectivity index (χ4v) is 4.54. The standard InChI is InChI=1S/C18H24N2O3S/c1-2-22-16-11-7-6-10-15(16)18-19-17(23-20-18)13-24(21)12-14-8-4-3-5-9-14/h6-7,10-11,14H,2-5,8-9,12-13H2,1H3/t24-/m0/s1. The van der Waals surface area contributed by atoms with Crippen molar-refractivity contribution in [3.05, 3.63) is 30.2 Å². The summed E-state index contributed by atoms with van der Waals surface area (Å²) in [5.41, 5.74) is 0.799. The van der Waals surface area contributed by atoms with Crippen LogP contribution in [0.1, 0.15) is 44.9 Å². The lowest BCUT2D eigenvalue weighted by Crippen LogP contribution is -2.15. The molecule has 0 amide bonds. The zero-order valence-electron chi connectivity index (χ0n) is 14.1. The van der Waals surface area contributed by atoms with Gasteiger partial charge < -0.3 is 9.26 Å². The highest BCUT2D eigenvalue weighted by Gasteiger charge is 2.19. The molecule has 3 rings (SSSR count). The zero-order chi connectivity index (χ0) is 16.8. The van der Waals surface area contributed by atoms with Crippen molar-refractivity contribution in [2.75, 3.05) is 12.4 Å². The molecule has 1 aromatic heterocycles. The lowest BCUT2D eigenvalue weighted by atomic mass is 9.91. The molecule has 1 aromatic carbocycles. The summed E-state index contributed by atoms with van der Waals surface area (Å²) in [5.74, 6) is 3.32. The molecule has 0 saturated heterocycles. The molecule has 24 heavy (non-hydrogen) atoms. The average molecular weight is 348 g/mol. The van der Waals surface area contributed by atoms with Crippen LogP contribution in [0, 0.1) is 5.92 Å². The largest absolute Gasteiger partial charge is 0.493 e. The molecular weight excluding hydrogens is 324 g/mol. The maximum Gasteiger partial charge on any atom is 0.239 e. The predicted octanol–water partition coefficient (Wildman–Crippen LogP) is 3.96. The highest BCUT2D eigenvalue weighted by molar-refractivity contribution is 7.84. The minimum atomic E-state index is -0.948. The van der Waals surface area contributed by atoms with Crippen LogP contribution >= 0.6 is 0 Å². The van der Waals surface area contributed by atoms with Gasteiger partial charge in [-0.25, -0.2) is 0 Å². The van der Waals surface area contributed by atoms with Crippen LogP contribution in [0.3, 0.4) is 0 Å². The first-order chi connectivity index (χ1) is 11.8. The number of rotatable bonds is 7. The minimum absolute atomic E-state index is 0.334. The lowest BCUT2D eigenvalue weighted by molar-refractivity contribution is 0.341. The van der Waals surface area contributed by atoms with E-state index in [1.54, 1.807) is 0 Å². The van der Waals surface area contributed by atoms with E-state index in [0.29, 0.717) is 30.0 Å². The minimum Gasteiger partial charge on any atom is -0.493 e. The van der Waals surface area contributed by atoms with Gasteiger partial charge in [0.2, 0.25) is 11.7 Å². The van der Waals surface area contributed by atoms with Gasteiger partial charge in [-0.15, -0.1) is 0 Å². The number of ether oxygens (including phenoxy) is 1. The number of hydrogen-bond acceptors (Lipinski definition) is 5. The highest BCUT2D eigenvalue weighted by Crippen LogP contribution is 2.28. The smallest absolute Gasteiger partial charge is 0.239 e. The SMILES string of the molecule is CCOc1ccccc1-c1noc(C[S@@](=O)CC2CCCCC2)n1. The Morgan fingerprint density at radius 1 is 1.25 bits per heavy atom. The molecule has 0 bridgehead atoms. The van der Waals surface area contributed by atoms with Gasteiger partial charge in [-0.05, 0) is 37.8 Å². The van der Waals surface area contributed by atoms with Gasteiger partial charge in [0, 0.05) is 16.6 Å². The van der Waals surface area contributed by atoms with E-state index in [0.717, 1.165) is 17.1 Å². The van der Waals surface area contributed by atoms with E-state index in [2.05, 4.69) is 10.1 Å². The van der Waals surface area contributed by atoms with E-state index in [4.69, 9.17) is 9.26 Å². The fourth-order valence-electron chi connectivity index (χ4n) is 3.17. The van der Waals surface area contributed by atoms with E-state index in [-0.39, 0.29) is 0 Å². The molecule has 1 atom stereocenters. The molecule has 1 heterocycles. The average Bonchev–Trinajstić information content (AvgIpc) is 3.04. The van der Waals surface area contributed by atoms with Crippen LogP contribution in [0.15, 0.2) is 28.8 Å². The van der Waals surface area contributed by atoms with E-state index < -0.39 is 10.8 Å². The Kier molecular flexibility index (Phi) is 6.01. The summed E-state index contributed by atoms with van der Waals surface area (Å²) < 4.78 is 23.3. The number of hydrogen-bond donors (Lipinski definition) is 0. The molecule has 1 aliphatic rings. The van der Waals surface area contributed by atoms with Gasteiger partial charge in [0.05, 0.1) is 12.2 Å². The van der Waals surface area contributed by atoms with Crippen molar-refractivity contribution in [2.24, 2.45) is 5.92 Å². The summed E-state index contributed by atoms with van der Waals surface area (Å²) in [6, 6.07) is 7.61. The molecule has 0 N–H and O–H groups in total. The van der Waals surface area contributed by atoms with Gasteiger partial charge in [0.1, 0.15) is 11.5 Å². The quantitative estimate of drug-likeness (QED) is 0.757. The molecule has 1 saturated carbocycles.